The van der Waals surface area contributed by atoms with E-state index in [-0.39, 0.29) is 18.2 Å². The highest BCUT2D eigenvalue weighted by atomic mass is 32.1. The van der Waals surface area contributed by atoms with E-state index >= 15 is 0 Å². The summed E-state index contributed by atoms with van der Waals surface area (Å²) in [6.07, 6.45) is 5.78. The zero-order valence-electron chi connectivity index (χ0n) is 15.9. The summed E-state index contributed by atoms with van der Waals surface area (Å²) in [7, 11) is 0. The number of aryl methyl sites for hydroxylation is 1. The summed E-state index contributed by atoms with van der Waals surface area (Å²) in [5, 5.41) is 2.07. The van der Waals surface area contributed by atoms with Crippen LogP contribution in [-0.4, -0.2) is 14.5 Å². The van der Waals surface area contributed by atoms with Gasteiger partial charge in [-0.2, -0.15) is 0 Å². The van der Waals surface area contributed by atoms with Crippen molar-refractivity contribution in [2.75, 3.05) is 0 Å². The van der Waals surface area contributed by atoms with Gasteiger partial charge < -0.3 is 9.30 Å². The first-order chi connectivity index (χ1) is 13.6. The van der Waals surface area contributed by atoms with Crippen LogP contribution in [-0.2, 0) is 6.61 Å². The third kappa shape index (κ3) is 4.32. The third-order valence-electron chi connectivity index (χ3n) is 4.64. The lowest BCUT2D eigenvalue weighted by Crippen LogP contribution is -2.25. The topological polar surface area (TPSA) is 57.0 Å². The monoisotopic (exact) mass is 391 g/mol. The summed E-state index contributed by atoms with van der Waals surface area (Å²) in [6, 6.07) is 7.19. The Labute approximate surface area is 168 Å². The van der Waals surface area contributed by atoms with Crippen LogP contribution in [0.5, 0.6) is 5.75 Å². The molecule has 0 amide bonds. The van der Waals surface area contributed by atoms with Gasteiger partial charge in [0, 0.05) is 45.9 Å². The summed E-state index contributed by atoms with van der Waals surface area (Å²) < 4.78 is 7.49. The minimum atomic E-state index is -0.0875. The zero-order chi connectivity index (χ0) is 19.5. The van der Waals surface area contributed by atoms with Crippen LogP contribution in [0.2, 0.25) is 0 Å². The van der Waals surface area contributed by atoms with Gasteiger partial charge in [-0.1, -0.05) is 11.8 Å². The van der Waals surface area contributed by atoms with Crippen molar-refractivity contribution in [3.63, 3.8) is 0 Å². The molecule has 1 fully saturated rings. The average Bonchev–Trinajstić information content (AvgIpc) is 3.40. The van der Waals surface area contributed by atoms with E-state index in [1.807, 2.05) is 19.9 Å². The second-order valence-electron chi connectivity index (χ2n) is 6.95. The molecule has 1 atom stereocenters. The maximum atomic E-state index is 12.7. The van der Waals surface area contributed by atoms with Gasteiger partial charge in [0.25, 0.3) is 5.56 Å². The van der Waals surface area contributed by atoms with Gasteiger partial charge in [0.1, 0.15) is 12.4 Å². The van der Waals surface area contributed by atoms with Gasteiger partial charge in [0.05, 0.1) is 6.04 Å². The van der Waals surface area contributed by atoms with Crippen molar-refractivity contribution in [3.8, 4) is 17.6 Å². The Morgan fingerprint density at radius 1 is 1.29 bits per heavy atom. The number of aromatic nitrogens is 3. The van der Waals surface area contributed by atoms with Crippen molar-refractivity contribution in [1.29, 1.82) is 0 Å². The van der Waals surface area contributed by atoms with E-state index in [9.17, 15) is 4.79 Å². The van der Waals surface area contributed by atoms with Crippen LogP contribution in [0.4, 0.5) is 0 Å². The van der Waals surface area contributed by atoms with Gasteiger partial charge >= 0.3 is 0 Å². The maximum absolute atomic E-state index is 12.7. The quantitative estimate of drug-likeness (QED) is 0.618. The van der Waals surface area contributed by atoms with Crippen LogP contribution in [0.15, 0.2) is 46.8 Å². The molecule has 3 aromatic rings. The lowest BCUT2D eigenvalue weighted by molar-refractivity contribution is 0.294. The second kappa shape index (κ2) is 7.99. The molecule has 0 saturated heterocycles. The van der Waals surface area contributed by atoms with Crippen molar-refractivity contribution in [3.05, 3.63) is 74.4 Å². The first-order valence-electron chi connectivity index (χ1n) is 9.32. The highest BCUT2D eigenvalue weighted by molar-refractivity contribution is 7.10. The molecule has 1 unspecified atom stereocenters. The van der Waals surface area contributed by atoms with Gasteiger partial charge in [0.2, 0.25) is 0 Å². The lowest BCUT2D eigenvalue weighted by Gasteiger charge is -2.18. The Morgan fingerprint density at radius 2 is 2.07 bits per heavy atom. The smallest absolute Gasteiger partial charge is 0.255 e. The van der Waals surface area contributed by atoms with Crippen molar-refractivity contribution in [1.82, 2.24) is 14.5 Å². The van der Waals surface area contributed by atoms with Gasteiger partial charge in [-0.25, -0.2) is 9.97 Å². The van der Waals surface area contributed by atoms with E-state index in [0.29, 0.717) is 17.5 Å². The molecule has 4 rings (SSSR count). The second-order valence-corrected chi connectivity index (χ2v) is 7.89. The fourth-order valence-corrected chi connectivity index (χ4v) is 3.88. The molecule has 1 aliphatic carbocycles. The summed E-state index contributed by atoms with van der Waals surface area (Å²) in [5.74, 6) is 8.22. The van der Waals surface area contributed by atoms with E-state index in [0.717, 1.165) is 16.1 Å². The van der Waals surface area contributed by atoms with Crippen molar-refractivity contribution >= 4 is 11.3 Å². The molecule has 0 aliphatic heterocycles. The van der Waals surface area contributed by atoms with Crippen molar-refractivity contribution in [2.45, 2.75) is 39.3 Å². The first-order valence-corrected chi connectivity index (χ1v) is 10.2. The number of thiophene rings is 1. The number of nitrogens with zero attached hydrogens (tertiary/aromatic N) is 3. The van der Waals surface area contributed by atoms with Gasteiger partial charge in [0.15, 0.2) is 5.82 Å². The number of hydrogen-bond acceptors (Lipinski definition) is 5. The molecular weight excluding hydrogens is 370 g/mol. The Hall–Kier alpha value is -2.91. The van der Waals surface area contributed by atoms with E-state index in [1.54, 1.807) is 34.4 Å². The fraction of sp³-hybridized carbons (Fsp3) is 0.318. The molecule has 6 heteroatoms. The van der Waals surface area contributed by atoms with E-state index < -0.39 is 0 Å². The average molecular weight is 391 g/mol. The summed E-state index contributed by atoms with van der Waals surface area (Å²) in [6.45, 7) is 4.19. The number of rotatable bonds is 5. The molecule has 1 saturated carbocycles. The molecule has 0 spiro atoms. The number of ether oxygens (including phenoxy) is 1. The minimum absolute atomic E-state index is 0.0551. The number of hydrogen-bond donors (Lipinski definition) is 0. The molecule has 3 aromatic heterocycles. The van der Waals surface area contributed by atoms with E-state index in [4.69, 9.17) is 4.74 Å². The SMILES string of the molecule is Cc1cc(OCc2ncccn2)cc(=O)n1C(C)c1cc(C#CC2CC2)cs1. The molecule has 0 N–H and O–H groups in total. The Morgan fingerprint density at radius 3 is 2.79 bits per heavy atom. The molecule has 0 bridgehead atoms. The normalized spacial score (nSPS) is 14.2. The lowest BCUT2D eigenvalue weighted by atomic mass is 10.2. The Balaban J connectivity index is 1.51. The highest BCUT2D eigenvalue weighted by Gasteiger charge is 2.18. The highest BCUT2D eigenvalue weighted by Crippen LogP contribution is 2.29. The minimum Gasteiger partial charge on any atom is -0.485 e. The van der Waals surface area contributed by atoms with Gasteiger partial charge in [-0.05, 0) is 44.9 Å². The van der Waals surface area contributed by atoms with E-state index in [2.05, 4.69) is 33.3 Å². The van der Waals surface area contributed by atoms with E-state index in [1.165, 1.54) is 18.9 Å². The zero-order valence-corrected chi connectivity index (χ0v) is 16.7. The molecule has 1 aliphatic rings. The van der Waals surface area contributed by atoms with Crippen LogP contribution in [0.3, 0.4) is 0 Å². The molecule has 0 radical (unpaired) electrons. The number of pyridine rings is 1. The van der Waals surface area contributed by atoms with Crippen LogP contribution in [0.1, 0.15) is 47.8 Å². The molecule has 5 nitrogen and oxygen atoms in total. The van der Waals surface area contributed by atoms with Gasteiger partial charge in [-0.3, -0.25) is 4.79 Å². The molecule has 142 valence electrons. The maximum Gasteiger partial charge on any atom is 0.255 e. The largest absolute Gasteiger partial charge is 0.485 e. The van der Waals surface area contributed by atoms with Crippen LogP contribution < -0.4 is 10.3 Å². The molecular formula is C22H21N3O2S. The summed E-state index contributed by atoms with van der Waals surface area (Å²) >= 11 is 1.64. The predicted molar refractivity (Wildman–Crippen MR) is 110 cm³/mol. The van der Waals surface area contributed by atoms with Crippen LogP contribution in [0, 0.1) is 24.7 Å². The van der Waals surface area contributed by atoms with Crippen LogP contribution >= 0.6 is 11.3 Å². The molecule has 3 heterocycles. The molecule has 0 aromatic carbocycles. The fourth-order valence-electron chi connectivity index (χ4n) is 2.99. The Kier molecular flexibility index (Phi) is 5.27. The van der Waals surface area contributed by atoms with Crippen molar-refractivity contribution in [2.24, 2.45) is 5.92 Å². The van der Waals surface area contributed by atoms with Crippen LogP contribution in [0.25, 0.3) is 0 Å². The Bertz CT molecular complexity index is 1090. The summed E-state index contributed by atoms with van der Waals surface area (Å²) in [4.78, 5) is 22.1. The van der Waals surface area contributed by atoms with Crippen molar-refractivity contribution < 1.29 is 4.74 Å². The molecule has 28 heavy (non-hydrogen) atoms. The summed E-state index contributed by atoms with van der Waals surface area (Å²) in [5.41, 5.74) is 1.80. The first kappa shape index (κ1) is 18.5. The predicted octanol–water partition coefficient (Wildman–Crippen LogP) is 3.96. The standard InChI is InChI=1S/C22H21N3O2S/c1-15-10-19(27-13-21-23-8-3-9-24-21)12-22(26)25(15)16(2)20-11-18(14-28-20)7-6-17-4-5-17/h3,8-12,14,16-17H,4-5,13H2,1-2H3. The van der Waals surface area contributed by atoms with Gasteiger partial charge in [-0.15, -0.1) is 11.3 Å². The third-order valence-corrected chi connectivity index (χ3v) is 5.74.